The summed E-state index contributed by atoms with van der Waals surface area (Å²) in [5, 5.41) is 0.127. The highest BCUT2D eigenvalue weighted by Gasteiger charge is 2.34. The van der Waals surface area contributed by atoms with Crippen LogP contribution in [0.4, 0.5) is 13.2 Å². The van der Waals surface area contributed by atoms with Gasteiger partial charge in [0.25, 0.3) is 0 Å². The quantitative estimate of drug-likeness (QED) is 0.683. The van der Waals surface area contributed by atoms with E-state index in [0.717, 1.165) is 6.07 Å². The average molecular weight is 315 g/mol. The molecule has 0 aliphatic heterocycles. The SMILES string of the molecule is CC(C)(C)c1cc(Cl)nc(-c2ccccc2C(F)(F)F)n1. The summed E-state index contributed by atoms with van der Waals surface area (Å²) in [5.41, 5.74) is -0.589. The van der Waals surface area contributed by atoms with E-state index in [0.29, 0.717) is 5.69 Å². The van der Waals surface area contributed by atoms with Crippen molar-refractivity contribution in [1.82, 2.24) is 9.97 Å². The van der Waals surface area contributed by atoms with E-state index in [4.69, 9.17) is 11.6 Å². The highest BCUT2D eigenvalue weighted by molar-refractivity contribution is 6.29. The second-order valence-electron chi connectivity index (χ2n) is 5.69. The number of aromatic nitrogens is 2. The molecule has 0 saturated carbocycles. The van der Waals surface area contributed by atoms with Gasteiger partial charge in [-0.15, -0.1) is 0 Å². The van der Waals surface area contributed by atoms with E-state index in [1.165, 1.54) is 18.2 Å². The molecular formula is C15H14ClF3N2. The third kappa shape index (κ3) is 3.53. The summed E-state index contributed by atoms with van der Waals surface area (Å²) in [4.78, 5) is 8.20. The van der Waals surface area contributed by atoms with Gasteiger partial charge in [0.05, 0.1) is 11.3 Å². The molecule has 1 aromatic heterocycles. The van der Waals surface area contributed by atoms with Crippen molar-refractivity contribution in [3.8, 4) is 11.4 Å². The van der Waals surface area contributed by atoms with Crippen LogP contribution in [0.1, 0.15) is 32.0 Å². The van der Waals surface area contributed by atoms with E-state index in [1.807, 2.05) is 20.8 Å². The minimum absolute atomic E-state index is 0.0136. The Bertz CT molecular complexity index is 661. The van der Waals surface area contributed by atoms with Crippen LogP contribution in [0.5, 0.6) is 0 Å². The van der Waals surface area contributed by atoms with Crippen LogP contribution >= 0.6 is 11.6 Å². The van der Waals surface area contributed by atoms with Crippen molar-refractivity contribution < 1.29 is 13.2 Å². The fourth-order valence-corrected chi connectivity index (χ4v) is 2.03. The van der Waals surface area contributed by atoms with Gasteiger partial charge in [0.1, 0.15) is 5.15 Å². The van der Waals surface area contributed by atoms with Crippen LogP contribution in [0.2, 0.25) is 5.15 Å². The Balaban J connectivity index is 2.66. The van der Waals surface area contributed by atoms with Gasteiger partial charge in [-0.3, -0.25) is 0 Å². The lowest BCUT2D eigenvalue weighted by Crippen LogP contribution is -2.15. The molecule has 6 heteroatoms. The summed E-state index contributed by atoms with van der Waals surface area (Å²) in [6.07, 6.45) is -4.47. The maximum Gasteiger partial charge on any atom is 0.417 e. The normalized spacial score (nSPS) is 12.5. The molecular weight excluding hydrogens is 301 g/mol. The van der Waals surface area contributed by atoms with Crippen LogP contribution in [-0.2, 0) is 11.6 Å². The summed E-state index contributed by atoms with van der Waals surface area (Å²) < 4.78 is 39.2. The second kappa shape index (κ2) is 5.30. The molecule has 112 valence electrons. The molecule has 0 spiro atoms. The van der Waals surface area contributed by atoms with Gasteiger partial charge >= 0.3 is 6.18 Å². The number of rotatable bonds is 1. The van der Waals surface area contributed by atoms with Crippen LogP contribution < -0.4 is 0 Å². The van der Waals surface area contributed by atoms with Crippen molar-refractivity contribution in [2.45, 2.75) is 32.4 Å². The van der Waals surface area contributed by atoms with E-state index in [2.05, 4.69) is 9.97 Å². The number of hydrogen-bond acceptors (Lipinski definition) is 2. The summed E-state index contributed by atoms with van der Waals surface area (Å²) in [6, 6.07) is 6.78. The first-order valence-corrected chi connectivity index (χ1v) is 6.68. The topological polar surface area (TPSA) is 25.8 Å². The first-order chi connectivity index (χ1) is 9.59. The first kappa shape index (κ1) is 15.8. The van der Waals surface area contributed by atoms with Gasteiger partial charge in [-0.05, 0) is 12.1 Å². The first-order valence-electron chi connectivity index (χ1n) is 6.31. The zero-order chi connectivity index (χ0) is 15.8. The summed E-state index contributed by atoms with van der Waals surface area (Å²) in [7, 11) is 0. The highest BCUT2D eigenvalue weighted by Crippen LogP contribution is 2.36. The molecule has 1 heterocycles. The van der Waals surface area contributed by atoms with Crippen LogP contribution in [-0.4, -0.2) is 9.97 Å². The minimum Gasteiger partial charge on any atom is -0.232 e. The van der Waals surface area contributed by atoms with Crippen LogP contribution in [0, 0.1) is 0 Å². The van der Waals surface area contributed by atoms with E-state index in [-0.39, 0.29) is 22.0 Å². The lowest BCUT2D eigenvalue weighted by molar-refractivity contribution is -0.137. The molecule has 2 nitrogen and oxygen atoms in total. The molecule has 0 aliphatic carbocycles. The van der Waals surface area contributed by atoms with Gasteiger partial charge < -0.3 is 0 Å². The molecule has 0 radical (unpaired) electrons. The Hall–Kier alpha value is -1.62. The molecule has 0 fully saturated rings. The predicted octanol–water partition coefficient (Wildman–Crippen LogP) is 5.11. The fourth-order valence-electron chi connectivity index (χ4n) is 1.85. The maximum absolute atomic E-state index is 13.1. The van der Waals surface area contributed by atoms with Gasteiger partial charge in [-0.25, -0.2) is 9.97 Å². The predicted molar refractivity (Wildman–Crippen MR) is 76.2 cm³/mol. The van der Waals surface area contributed by atoms with Gasteiger partial charge in [0.2, 0.25) is 0 Å². The highest BCUT2D eigenvalue weighted by atomic mass is 35.5. The monoisotopic (exact) mass is 314 g/mol. The van der Waals surface area contributed by atoms with Gasteiger partial charge in [-0.2, -0.15) is 13.2 Å². The van der Waals surface area contributed by atoms with Crippen molar-refractivity contribution >= 4 is 11.6 Å². The smallest absolute Gasteiger partial charge is 0.232 e. The number of alkyl halides is 3. The third-order valence-electron chi connectivity index (χ3n) is 2.94. The van der Waals surface area contributed by atoms with Crippen molar-refractivity contribution in [1.29, 1.82) is 0 Å². The number of benzene rings is 1. The van der Waals surface area contributed by atoms with Crippen molar-refractivity contribution in [3.05, 3.63) is 46.7 Å². The molecule has 2 rings (SSSR count). The van der Waals surface area contributed by atoms with Gasteiger partial charge in [-0.1, -0.05) is 50.6 Å². The lowest BCUT2D eigenvalue weighted by atomic mass is 9.92. The molecule has 0 aliphatic rings. The Morgan fingerprint density at radius 2 is 1.62 bits per heavy atom. The van der Waals surface area contributed by atoms with E-state index < -0.39 is 11.7 Å². The Labute approximate surface area is 126 Å². The molecule has 0 N–H and O–H groups in total. The molecule has 0 unspecified atom stereocenters. The van der Waals surface area contributed by atoms with E-state index in [9.17, 15) is 13.2 Å². The zero-order valence-electron chi connectivity index (χ0n) is 11.8. The van der Waals surface area contributed by atoms with Gasteiger partial charge in [0, 0.05) is 11.0 Å². The van der Waals surface area contributed by atoms with Crippen molar-refractivity contribution in [2.24, 2.45) is 0 Å². The molecule has 0 bridgehead atoms. The molecule has 2 aromatic rings. The fraction of sp³-hybridized carbons (Fsp3) is 0.333. The summed E-state index contributed by atoms with van der Waals surface area (Å²) in [5.74, 6) is -0.0136. The summed E-state index contributed by atoms with van der Waals surface area (Å²) in [6.45, 7) is 5.72. The standard InChI is InChI=1S/C15H14ClF3N2/c1-14(2,3)11-8-12(16)21-13(20-11)9-6-4-5-7-10(9)15(17,18)19/h4-8H,1-3H3. The average Bonchev–Trinajstić information content (AvgIpc) is 2.36. The maximum atomic E-state index is 13.1. The molecule has 21 heavy (non-hydrogen) atoms. The Morgan fingerprint density at radius 1 is 1.00 bits per heavy atom. The van der Waals surface area contributed by atoms with Crippen molar-refractivity contribution in [2.75, 3.05) is 0 Å². The summed E-state index contributed by atoms with van der Waals surface area (Å²) >= 11 is 5.94. The zero-order valence-corrected chi connectivity index (χ0v) is 12.5. The van der Waals surface area contributed by atoms with E-state index >= 15 is 0 Å². The Kier molecular flexibility index (Phi) is 3.97. The molecule has 1 aromatic carbocycles. The van der Waals surface area contributed by atoms with Crippen molar-refractivity contribution in [3.63, 3.8) is 0 Å². The second-order valence-corrected chi connectivity index (χ2v) is 6.08. The molecule has 0 atom stereocenters. The van der Waals surface area contributed by atoms with E-state index in [1.54, 1.807) is 6.07 Å². The number of nitrogens with zero attached hydrogens (tertiary/aromatic N) is 2. The molecule has 0 amide bonds. The van der Waals surface area contributed by atoms with Gasteiger partial charge in [0.15, 0.2) is 5.82 Å². The molecule has 0 saturated heterocycles. The number of hydrogen-bond donors (Lipinski definition) is 0. The van der Waals surface area contributed by atoms with Crippen LogP contribution in [0.3, 0.4) is 0 Å². The lowest BCUT2D eigenvalue weighted by Gasteiger charge is -2.19. The Morgan fingerprint density at radius 3 is 2.19 bits per heavy atom. The minimum atomic E-state index is -4.47. The van der Waals surface area contributed by atoms with Crippen LogP contribution in [0.15, 0.2) is 30.3 Å². The number of halogens is 4. The third-order valence-corrected chi connectivity index (χ3v) is 3.13. The largest absolute Gasteiger partial charge is 0.417 e. The van der Waals surface area contributed by atoms with Crippen LogP contribution in [0.25, 0.3) is 11.4 Å².